The monoisotopic (exact) mass is 595 g/mol. The molecule has 7 N–H and O–H groups in total. The number of ether oxygens (including phenoxy) is 1. The van der Waals surface area contributed by atoms with Gasteiger partial charge < -0.3 is 45.7 Å². The number of nitrogens with one attached hydrogen (secondary N) is 3. The normalized spacial score (nSPS) is 20.6. The summed E-state index contributed by atoms with van der Waals surface area (Å²) in [6, 6.07) is 7.65. The first-order valence-corrected chi connectivity index (χ1v) is 13.9. The zero-order valence-corrected chi connectivity index (χ0v) is 24.2. The minimum Gasteiger partial charge on any atom is -0.444 e. The zero-order valence-electron chi connectivity index (χ0n) is 24.2. The highest BCUT2D eigenvalue weighted by molar-refractivity contribution is 5.84. The topological polar surface area (TPSA) is 204 Å². The maximum atomic E-state index is 12.0. The molecule has 230 valence electrons. The number of amides is 2. The van der Waals surface area contributed by atoms with Gasteiger partial charge in [0, 0.05) is 0 Å². The Morgan fingerprint density at radius 3 is 2.56 bits per heavy atom. The van der Waals surface area contributed by atoms with E-state index in [1.54, 1.807) is 25.3 Å². The van der Waals surface area contributed by atoms with Gasteiger partial charge in [-0.05, 0) is 45.1 Å². The number of anilines is 1. The molecule has 14 nitrogen and oxygen atoms in total. The first kappa shape index (κ1) is 31.6. The second kappa shape index (κ2) is 13.8. The highest BCUT2D eigenvalue weighted by Crippen LogP contribution is 2.34. The lowest BCUT2D eigenvalue weighted by atomic mass is 10.1. The van der Waals surface area contributed by atoms with E-state index in [1.807, 2.05) is 30.3 Å². The Hall–Kier alpha value is -4.29. The largest absolute Gasteiger partial charge is 0.444 e. The first-order chi connectivity index (χ1) is 20.5. The number of alkyl carbamates (subject to hydrolysis) is 1. The summed E-state index contributed by atoms with van der Waals surface area (Å²) in [6.45, 7) is 4.26. The van der Waals surface area contributed by atoms with Gasteiger partial charge in [0.15, 0.2) is 17.0 Å². The second-order valence-corrected chi connectivity index (χ2v) is 11.2. The van der Waals surface area contributed by atoms with Crippen LogP contribution in [0.2, 0.25) is 0 Å². The Bertz CT molecular complexity index is 1480. The van der Waals surface area contributed by atoms with Gasteiger partial charge in [-0.1, -0.05) is 36.3 Å². The van der Waals surface area contributed by atoms with Gasteiger partial charge in [0.25, 0.3) is 0 Å². The molecule has 3 aromatic rings. The Labute approximate surface area is 248 Å². The predicted octanol–water partition coefficient (Wildman–Crippen LogP) is -0.138. The van der Waals surface area contributed by atoms with Crippen molar-refractivity contribution in [3.8, 4) is 11.8 Å². The maximum Gasteiger partial charge on any atom is 0.408 e. The molecule has 0 unspecified atom stereocenters. The zero-order chi connectivity index (χ0) is 31.1. The highest BCUT2D eigenvalue weighted by Gasteiger charge is 2.43. The number of benzene rings is 1. The fourth-order valence-corrected chi connectivity index (χ4v) is 4.80. The summed E-state index contributed by atoms with van der Waals surface area (Å²) in [5.41, 5.74) is 0.973. The summed E-state index contributed by atoms with van der Waals surface area (Å²) >= 11 is 0. The van der Waals surface area contributed by atoms with Crippen molar-refractivity contribution >= 4 is 29.0 Å². The van der Waals surface area contributed by atoms with Gasteiger partial charge in [0.1, 0.15) is 24.4 Å². The Kier molecular flexibility index (Phi) is 10.1. The van der Waals surface area contributed by atoms with Gasteiger partial charge in [0.05, 0.1) is 37.6 Å². The van der Waals surface area contributed by atoms with E-state index in [2.05, 4.69) is 42.7 Å². The van der Waals surface area contributed by atoms with E-state index < -0.39 is 54.5 Å². The molecule has 43 heavy (non-hydrogen) atoms. The molecule has 0 radical (unpaired) electrons. The molecule has 1 aliphatic carbocycles. The molecule has 0 aliphatic heterocycles. The van der Waals surface area contributed by atoms with Gasteiger partial charge in [-0.25, -0.2) is 19.7 Å². The van der Waals surface area contributed by atoms with Gasteiger partial charge >= 0.3 is 6.09 Å². The quantitative estimate of drug-likeness (QED) is 0.162. The van der Waals surface area contributed by atoms with Gasteiger partial charge in [0.2, 0.25) is 11.7 Å². The third-order valence-electron chi connectivity index (χ3n) is 6.73. The van der Waals surface area contributed by atoms with Crippen molar-refractivity contribution in [2.75, 3.05) is 25.1 Å². The number of fused-ring (bicyclic) bond motifs is 1. The fourth-order valence-electron chi connectivity index (χ4n) is 4.80. The van der Waals surface area contributed by atoms with Crippen LogP contribution in [0.3, 0.4) is 0 Å². The molecule has 1 aliphatic rings. The summed E-state index contributed by atoms with van der Waals surface area (Å²) in [6.07, 6.45) is -1.11. The lowest BCUT2D eigenvalue weighted by Crippen LogP contribution is -2.44. The SMILES string of the molecule is CC(C)(C)OC(=O)NCC#Cc1nc(N[C@H](CO)Cc2ccccc2)c2ncn([C@@H]3C[C@H](NC(=O)CO)[C@@H](O)[C@H]3O)c2n1. The molecular formula is C29H37N7O7. The minimum atomic E-state index is -1.29. The van der Waals surface area contributed by atoms with Crippen molar-refractivity contribution in [2.45, 2.75) is 69.5 Å². The highest BCUT2D eigenvalue weighted by atomic mass is 16.6. The summed E-state index contributed by atoms with van der Waals surface area (Å²) in [7, 11) is 0. The Morgan fingerprint density at radius 1 is 1.14 bits per heavy atom. The van der Waals surface area contributed by atoms with Crippen molar-refractivity contribution in [3.05, 3.63) is 48.0 Å². The molecule has 0 saturated heterocycles. The van der Waals surface area contributed by atoms with Crippen molar-refractivity contribution in [3.63, 3.8) is 0 Å². The number of carbonyl (C=O) groups excluding carboxylic acids is 2. The van der Waals surface area contributed by atoms with E-state index in [1.165, 1.54) is 6.33 Å². The van der Waals surface area contributed by atoms with Crippen LogP contribution in [0.5, 0.6) is 0 Å². The summed E-state index contributed by atoms with van der Waals surface area (Å²) in [5.74, 6) is 5.32. The van der Waals surface area contributed by atoms with Crippen LogP contribution in [0.25, 0.3) is 11.2 Å². The Balaban J connectivity index is 1.65. The average molecular weight is 596 g/mol. The van der Waals surface area contributed by atoms with E-state index in [0.717, 1.165) is 5.56 Å². The van der Waals surface area contributed by atoms with Crippen LogP contribution < -0.4 is 16.0 Å². The molecule has 1 fully saturated rings. The van der Waals surface area contributed by atoms with E-state index in [-0.39, 0.29) is 25.4 Å². The molecule has 4 rings (SSSR count). The number of rotatable bonds is 9. The number of nitrogens with zero attached hydrogens (tertiary/aromatic N) is 4. The molecule has 2 heterocycles. The Morgan fingerprint density at radius 2 is 1.88 bits per heavy atom. The van der Waals surface area contributed by atoms with Crippen LogP contribution in [0.1, 0.15) is 44.6 Å². The van der Waals surface area contributed by atoms with Crippen molar-refractivity contribution in [1.29, 1.82) is 0 Å². The van der Waals surface area contributed by atoms with E-state index in [0.29, 0.717) is 23.4 Å². The van der Waals surface area contributed by atoms with E-state index in [9.17, 15) is 24.9 Å². The van der Waals surface area contributed by atoms with E-state index in [4.69, 9.17) is 9.84 Å². The molecule has 0 bridgehead atoms. The van der Waals surface area contributed by atoms with Crippen LogP contribution in [-0.2, 0) is 16.0 Å². The molecule has 5 atom stereocenters. The third-order valence-corrected chi connectivity index (χ3v) is 6.73. The number of hydrogen-bond donors (Lipinski definition) is 7. The van der Waals surface area contributed by atoms with Crippen LogP contribution in [0, 0.1) is 11.8 Å². The molecule has 0 spiro atoms. The maximum absolute atomic E-state index is 12.0. The van der Waals surface area contributed by atoms with Gasteiger partial charge in [-0.15, -0.1) is 0 Å². The van der Waals surface area contributed by atoms with Crippen LogP contribution >= 0.6 is 0 Å². The molecule has 1 saturated carbocycles. The van der Waals surface area contributed by atoms with Crippen LogP contribution in [0.4, 0.5) is 10.6 Å². The number of aliphatic hydroxyl groups excluding tert-OH is 4. The van der Waals surface area contributed by atoms with Crippen molar-refractivity contribution < 1.29 is 34.8 Å². The summed E-state index contributed by atoms with van der Waals surface area (Å²) < 4.78 is 6.79. The van der Waals surface area contributed by atoms with Gasteiger partial charge in [-0.2, -0.15) is 0 Å². The fraction of sp³-hybridized carbons (Fsp3) is 0.483. The first-order valence-electron chi connectivity index (χ1n) is 13.9. The third kappa shape index (κ3) is 8.17. The summed E-state index contributed by atoms with van der Waals surface area (Å²) in [4.78, 5) is 37.2. The lowest BCUT2D eigenvalue weighted by Gasteiger charge is -2.19. The number of aliphatic hydroxyl groups is 4. The smallest absolute Gasteiger partial charge is 0.408 e. The van der Waals surface area contributed by atoms with Crippen molar-refractivity contribution in [2.24, 2.45) is 0 Å². The van der Waals surface area contributed by atoms with E-state index >= 15 is 0 Å². The second-order valence-electron chi connectivity index (χ2n) is 11.2. The molecule has 14 heteroatoms. The molecule has 2 aromatic heterocycles. The number of carbonyl (C=O) groups is 2. The van der Waals surface area contributed by atoms with Crippen molar-refractivity contribution in [1.82, 2.24) is 30.2 Å². The predicted molar refractivity (Wildman–Crippen MR) is 156 cm³/mol. The van der Waals surface area contributed by atoms with Gasteiger partial charge in [-0.3, -0.25) is 4.79 Å². The van der Waals surface area contributed by atoms with Crippen LogP contribution in [-0.4, -0.2) is 102 Å². The number of aromatic nitrogens is 4. The summed E-state index contributed by atoms with van der Waals surface area (Å²) in [5, 5.41) is 49.0. The number of imidazole rings is 1. The average Bonchev–Trinajstić information content (AvgIpc) is 3.50. The minimum absolute atomic E-state index is 0.0363. The molecular weight excluding hydrogens is 558 g/mol. The molecule has 2 amide bonds. The molecule has 1 aromatic carbocycles. The van der Waals surface area contributed by atoms with Crippen LogP contribution in [0.15, 0.2) is 36.7 Å². The standard InChI is InChI=1S/C29H37N7O7/c1-29(2,3)43-28(42)30-11-7-10-21-34-26(32-18(14-37)12-17-8-5-4-6-9-17)23-27(35-21)36(16-31-23)20-13-19(24(40)25(20)41)33-22(39)15-38/h4-6,8-9,16,18-20,24-25,37-38,40-41H,11-15H2,1-3H3,(H,30,42)(H,33,39)(H,32,34,35)/t18-,19-,20+,24+,25-/m0/s1. The lowest BCUT2D eigenvalue weighted by molar-refractivity contribution is -0.125. The number of hydrogen-bond acceptors (Lipinski definition) is 11.